The summed E-state index contributed by atoms with van der Waals surface area (Å²) in [6, 6.07) is 9.63. The van der Waals surface area contributed by atoms with Gasteiger partial charge in [-0.1, -0.05) is 0 Å². The van der Waals surface area contributed by atoms with Crippen LogP contribution in [0.1, 0.15) is 12.1 Å². The SMILES string of the molecule is Cc1cc(NC2=CN(Sc3ccc(NC(=O)OC4CCNC4)cc3)CC3=NC=C[N+]23)n[nH]1. The first-order valence-corrected chi connectivity index (χ1v) is 11.2. The maximum atomic E-state index is 12.0. The van der Waals surface area contributed by atoms with Crippen LogP contribution in [0.4, 0.5) is 16.3 Å². The number of aromatic nitrogens is 2. The molecule has 1 fully saturated rings. The molecule has 32 heavy (non-hydrogen) atoms. The van der Waals surface area contributed by atoms with Gasteiger partial charge < -0.3 is 10.1 Å². The van der Waals surface area contributed by atoms with E-state index in [1.807, 2.05) is 54.6 Å². The minimum absolute atomic E-state index is 0.0588. The molecule has 1 saturated heterocycles. The summed E-state index contributed by atoms with van der Waals surface area (Å²) >= 11 is 1.59. The average Bonchev–Trinajstić information content (AvgIpc) is 3.52. The fourth-order valence-corrected chi connectivity index (χ4v) is 4.44. The summed E-state index contributed by atoms with van der Waals surface area (Å²) in [5.41, 5.74) is 1.68. The second kappa shape index (κ2) is 9.07. The number of aromatic amines is 1. The molecule has 3 aliphatic heterocycles. The van der Waals surface area contributed by atoms with Crippen molar-refractivity contribution in [1.29, 1.82) is 0 Å². The summed E-state index contributed by atoms with van der Waals surface area (Å²) in [7, 11) is 0. The van der Waals surface area contributed by atoms with Crippen LogP contribution in [0.5, 0.6) is 0 Å². The Bertz CT molecular complexity index is 1070. The number of aliphatic imine (C=N–C) groups is 1. The monoisotopic (exact) mass is 452 g/mol. The third-order valence-corrected chi connectivity index (χ3v) is 6.07. The van der Waals surface area contributed by atoms with E-state index in [0.717, 1.165) is 41.0 Å². The molecule has 0 aliphatic carbocycles. The highest BCUT2D eigenvalue weighted by molar-refractivity contribution is 7.97. The predicted octanol–water partition coefficient (Wildman–Crippen LogP) is 2.89. The molecule has 4 heterocycles. The number of amides is 1. The van der Waals surface area contributed by atoms with Gasteiger partial charge in [0.15, 0.2) is 12.0 Å². The van der Waals surface area contributed by atoms with Gasteiger partial charge in [-0.25, -0.2) is 4.79 Å². The van der Waals surface area contributed by atoms with E-state index in [-0.39, 0.29) is 6.10 Å². The minimum Gasteiger partial charge on any atom is -0.445 e. The normalized spacial score (nSPS) is 20.0. The fraction of sp³-hybridized carbons (Fsp3) is 0.286. The molecule has 1 aromatic carbocycles. The predicted molar refractivity (Wildman–Crippen MR) is 124 cm³/mol. The lowest BCUT2D eigenvalue weighted by Crippen LogP contribution is -2.42. The number of fused-ring (bicyclic) bond motifs is 1. The van der Waals surface area contributed by atoms with Crippen molar-refractivity contribution in [2.45, 2.75) is 24.3 Å². The van der Waals surface area contributed by atoms with E-state index >= 15 is 0 Å². The molecule has 1 amide bonds. The van der Waals surface area contributed by atoms with Gasteiger partial charge in [0.2, 0.25) is 0 Å². The lowest BCUT2D eigenvalue weighted by Gasteiger charge is -2.24. The Morgan fingerprint density at radius 1 is 1.34 bits per heavy atom. The largest absolute Gasteiger partial charge is 0.445 e. The minimum atomic E-state index is -0.422. The van der Waals surface area contributed by atoms with Gasteiger partial charge in [0, 0.05) is 28.9 Å². The zero-order valence-electron chi connectivity index (χ0n) is 17.5. The molecule has 10 nitrogen and oxygen atoms in total. The van der Waals surface area contributed by atoms with E-state index < -0.39 is 6.09 Å². The summed E-state index contributed by atoms with van der Waals surface area (Å²) in [6.07, 6.45) is 6.11. The van der Waals surface area contributed by atoms with Crippen molar-refractivity contribution in [3.8, 4) is 0 Å². The van der Waals surface area contributed by atoms with Crippen molar-refractivity contribution in [2.24, 2.45) is 4.99 Å². The van der Waals surface area contributed by atoms with Gasteiger partial charge in [0.1, 0.15) is 12.6 Å². The molecule has 0 bridgehead atoms. The Morgan fingerprint density at radius 2 is 2.22 bits per heavy atom. The number of aryl methyl sites for hydroxylation is 1. The molecule has 165 valence electrons. The number of nitrogens with zero attached hydrogens (tertiary/aromatic N) is 4. The zero-order valence-corrected chi connectivity index (χ0v) is 18.4. The Hall–Kier alpha value is -3.28. The number of nitrogens with one attached hydrogen (secondary N) is 4. The van der Waals surface area contributed by atoms with Crippen molar-refractivity contribution in [3.05, 3.63) is 60.4 Å². The molecule has 2 aromatic rings. The van der Waals surface area contributed by atoms with Gasteiger partial charge in [-0.2, -0.15) is 10.1 Å². The summed E-state index contributed by atoms with van der Waals surface area (Å²) in [6.45, 7) is 4.21. The number of ether oxygens (including phenoxy) is 1. The fourth-order valence-electron chi connectivity index (χ4n) is 3.58. The maximum Gasteiger partial charge on any atom is 0.411 e. The number of hydrogen-bond donors (Lipinski definition) is 4. The number of rotatable bonds is 6. The lowest BCUT2D eigenvalue weighted by atomic mass is 10.3. The molecule has 1 radical (unpaired) electrons. The Labute approximate surface area is 189 Å². The number of hydrogen-bond acceptors (Lipinski definition) is 9. The number of carbonyl (C=O) groups is 1. The molecular formula is C21H24N8O2S+. The molecule has 11 heteroatoms. The van der Waals surface area contributed by atoms with Crippen molar-refractivity contribution in [1.82, 2.24) is 24.7 Å². The van der Waals surface area contributed by atoms with Crippen molar-refractivity contribution in [3.63, 3.8) is 0 Å². The molecule has 3 aliphatic rings. The standard InChI is InChI=1S/C21H24N8O2S/c1-14-10-18(27-26-14)25-20-13-28(12-19-23-8-9-29(19)20)32-17-4-2-15(3-5-17)24-21(30)31-16-6-7-22-11-16/h2-5,8-10,13,16,22H,6-7,11-12H2,1H3,(H,24,30)(H2,25,26,27)/q+1. The van der Waals surface area contributed by atoms with E-state index in [1.54, 1.807) is 18.1 Å². The number of amidine groups is 1. The van der Waals surface area contributed by atoms with Crippen LogP contribution in [0.15, 0.2) is 64.6 Å². The molecule has 1 atom stereocenters. The highest BCUT2D eigenvalue weighted by Gasteiger charge is 2.37. The van der Waals surface area contributed by atoms with Gasteiger partial charge in [-0.15, -0.1) is 0 Å². The van der Waals surface area contributed by atoms with Crippen LogP contribution in [0.25, 0.3) is 0 Å². The first kappa shape index (κ1) is 20.6. The van der Waals surface area contributed by atoms with Gasteiger partial charge in [-0.05, 0) is 61.0 Å². The Kier molecular flexibility index (Phi) is 5.84. The molecule has 0 spiro atoms. The molecule has 1 unspecified atom stereocenters. The van der Waals surface area contributed by atoms with Crippen LogP contribution >= 0.6 is 11.9 Å². The first-order valence-electron chi connectivity index (χ1n) is 10.4. The van der Waals surface area contributed by atoms with E-state index in [1.165, 1.54) is 0 Å². The van der Waals surface area contributed by atoms with Gasteiger partial charge in [-0.3, -0.25) is 20.0 Å². The quantitative estimate of drug-likeness (QED) is 0.394. The van der Waals surface area contributed by atoms with Crippen LogP contribution in [0.2, 0.25) is 0 Å². The first-order chi connectivity index (χ1) is 15.6. The number of H-pyrrole nitrogens is 1. The van der Waals surface area contributed by atoms with Gasteiger partial charge >= 0.3 is 6.09 Å². The van der Waals surface area contributed by atoms with Crippen LogP contribution in [-0.4, -0.2) is 52.2 Å². The third-order valence-electron chi connectivity index (χ3n) is 5.11. The Morgan fingerprint density at radius 3 is 2.97 bits per heavy atom. The molecular weight excluding hydrogens is 428 g/mol. The summed E-state index contributed by atoms with van der Waals surface area (Å²) in [5.74, 6) is 2.54. The van der Waals surface area contributed by atoms with E-state index in [0.29, 0.717) is 18.8 Å². The lowest BCUT2D eigenvalue weighted by molar-refractivity contribution is 0.121. The Balaban J connectivity index is 1.22. The van der Waals surface area contributed by atoms with Gasteiger partial charge in [0.25, 0.3) is 11.7 Å². The maximum absolute atomic E-state index is 12.0. The summed E-state index contributed by atoms with van der Waals surface area (Å²) in [5, 5.41) is 16.5. The molecule has 4 N–H and O–H groups in total. The molecule has 0 saturated carbocycles. The smallest absolute Gasteiger partial charge is 0.411 e. The highest BCUT2D eigenvalue weighted by atomic mass is 32.2. The van der Waals surface area contributed by atoms with E-state index in [2.05, 4.69) is 35.4 Å². The second-order valence-corrected chi connectivity index (χ2v) is 8.75. The molecule has 5 rings (SSSR count). The van der Waals surface area contributed by atoms with Crippen LogP contribution in [0, 0.1) is 6.92 Å². The van der Waals surface area contributed by atoms with Crippen LogP contribution < -0.4 is 20.9 Å². The van der Waals surface area contributed by atoms with Crippen LogP contribution in [-0.2, 0) is 4.74 Å². The van der Waals surface area contributed by atoms with Crippen molar-refractivity contribution in [2.75, 3.05) is 30.3 Å². The van der Waals surface area contributed by atoms with E-state index in [9.17, 15) is 4.79 Å². The van der Waals surface area contributed by atoms with Crippen LogP contribution in [0.3, 0.4) is 0 Å². The topological polar surface area (TPSA) is 113 Å². The summed E-state index contributed by atoms with van der Waals surface area (Å²) in [4.78, 5) is 19.6. The average molecular weight is 453 g/mol. The molecule has 1 aromatic heterocycles. The van der Waals surface area contributed by atoms with Gasteiger partial charge in [0.05, 0.1) is 12.4 Å². The third kappa shape index (κ3) is 4.79. The summed E-state index contributed by atoms with van der Waals surface area (Å²) < 4.78 is 7.50. The second-order valence-electron chi connectivity index (χ2n) is 7.62. The highest BCUT2D eigenvalue weighted by Crippen LogP contribution is 2.29. The van der Waals surface area contributed by atoms with E-state index in [4.69, 9.17) is 4.74 Å². The van der Waals surface area contributed by atoms with Crippen molar-refractivity contribution >= 4 is 35.4 Å². The number of benzene rings is 1. The number of carbonyl (C=O) groups excluding carboxylic acids is 1. The zero-order chi connectivity index (χ0) is 21.9. The number of anilines is 2. The van der Waals surface area contributed by atoms with Crippen molar-refractivity contribution < 1.29 is 9.53 Å².